The maximum atomic E-state index is 5.47. The van der Waals surface area contributed by atoms with E-state index in [1.54, 1.807) is 12.7 Å². The van der Waals surface area contributed by atoms with Gasteiger partial charge in [-0.05, 0) is 57.1 Å². The third-order valence-electron chi connectivity index (χ3n) is 4.59. The van der Waals surface area contributed by atoms with Crippen molar-refractivity contribution in [2.45, 2.75) is 19.3 Å². The molecule has 1 fully saturated rings. The number of rotatable bonds is 4. The van der Waals surface area contributed by atoms with Gasteiger partial charge in [-0.2, -0.15) is 4.98 Å². The van der Waals surface area contributed by atoms with Crippen LogP contribution < -0.4 is 0 Å². The molecule has 1 saturated heterocycles. The summed E-state index contributed by atoms with van der Waals surface area (Å²) in [6.45, 7) is 2.30. The average molecular weight is 324 g/mol. The molecule has 0 atom stereocenters. The van der Waals surface area contributed by atoms with Gasteiger partial charge in [0, 0.05) is 17.7 Å². The fourth-order valence-electron chi connectivity index (χ4n) is 3.11. The van der Waals surface area contributed by atoms with E-state index in [9.17, 15) is 0 Å². The molecule has 2 aromatic heterocycles. The van der Waals surface area contributed by atoms with E-state index in [-0.39, 0.29) is 0 Å². The first-order valence-corrected chi connectivity index (χ1v) is 8.24. The zero-order valence-corrected chi connectivity index (χ0v) is 13.7. The highest BCUT2D eigenvalue weighted by atomic mass is 16.5. The van der Waals surface area contributed by atoms with Crippen molar-refractivity contribution in [3.63, 3.8) is 0 Å². The number of benzene rings is 1. The van der Waals surface area contributed by atoms with E-state index in [2.05, 4.69) is 32.3 Å². The van der Waals surface area contributed by atoms with Gasteiger partial charge in [-0.15, -0.1) is 10.2 Å². The van der Waals surface area contributed by atoms with Crippen molar-refractivity contribution in [3.05, 3.63) is 42.7 Å². The van der Waals surface area contributed by atoms with Gasteiger partial charge in [0.2, 0.25) is 0 Å². The Kier molecular flexibility index (Phi) is 4.08. The molecule has 0 N–H and O–H groups in total. The first-order valence-electron chi connectivity index (χ1n) is 8.24. The highest BCUT2D eigenvalue weighted by Gasteiger charge is 2.20. The molecule has 0 bridgehead atoms. The van der Waals surface area contributed by atoms with Crippen LogP contribution in [0, 0.1) is 5.92 Å². The van der Waals surface area contributed by atoms with Crippen molar-refractivity contribution in [1.82, 2.24) is 29.8 Å². The molecule has 4 rings (SSSR count). The van der Waals surface area contributed by atoms with Crippen molar-refractivity contribution < 1.29 is 4.52 Å². The van der Waals surface area contributed by atoms with Crippen LogP contribution in [0.15, 0.2) is 41.4 Å². The highest BCUT2D eigenvalue weighted by Crippen LogP contribution is 2.23. The summed E-state index contributed by atoms with van der Waals surface area (Å²) in [6.07, 6.45) is 6.62. The SMILES string of the molecule is CN1CCC(Cc2noc(-c3cccc(-n4cnnc4)c3)n2)CC1. The number of nitrogens with zero attached hydrogens (tertiary/aromatic N) is 6. The summed E-state index contributed by atoms with van der Waals surface area (Å²) in [5.74, 6) is 2.01. The van der Waals surface area contributed by atoms with Gasteiger partial charge in [0.1, 0.15) is 12.7 Å². The summed E-state index contributed by atoms with van der Waals surface area (Å²) in [5.41, 5.74) is 1.87. The van der Waals surface area contributed by atoms with Gasteiger partial charge in [0.15, 0.2) is 5.82 Å². The summed E-state index contributed by atoms with van der Waals surface area (Å²) in [7, 11) is 2.17. The van der Waals surface area contributed by atoms with E-state index in [4.69, 9.17) is 4.52 Å². The smallest absolute Gasteiger partial charge is 0.257 e. The van der Waals surface area contributed by atoms with Crippen molar-refractivity contribution in [3.8, 4) is 17.1 Å². The summed E-state index contributed by atoms with van der Waals surface area (Å²) >= 11 is 0. The van der Waals surface area contributed by atoms with E-state index < -0.39 is 0 Å². The van der Waals surface area contributed by atoms with Gasteiger partial charge in [0.25, 0.3) is 5.89 Å². The van der Waals surface area contributed by atoms with Gasteiger partial charge in [-0.3, -0.25) is 4.57 Å². The van der Waals surface area contributed by atoms with Crippen LogP contribution in [0.2, 0.25) is 0 Å². The van der Waals surface area contributed by atoms with E-state index in [0.29, 0.717) is 11.8 Å². The Morgan fingerprint density at radius 2 is 1.96 bits per heavy atom. The van der Waals surface area contributed by atoms with Crippen molar-refractivity contribution >= 4 is 0 Å². The fraction of sp³-hybridized carbons (Fsp3) is 0.412. The Balaban J connectivity index is 1.49. The predicted octanol–water partition coefficient (Wildman–Crippen LogP) is 2.20. The van der Waals surface area contributed by atoms with Crippen molar-refractivity contribution in [1.29, 1.82) is 0 Å². The monoisotopic (exact) mass is 324 g/mol. The zero-order valence-electron chi connectivity index (χ0n) is 13.7. The molecule has 124 valence electrons. The second-order valence-electron chi connectivity index (χ2n) is 6.39. The number of likely N-dealkylation sites (tertiary alicyclic amines) is 1. The van der Waals surface area contributed by atoms with Crippen molar-refractivity contribution in [2.24, 2.45) is 5.92 Å². The molecular weight excluding hydrogens is 304 g/mol. The molecule has 1 aliphatic heterocycles. The normalized spacial score (nSPS) is 16.5. The lowest BCUT2D eigenvalue weighted by molar-refractivity contribution is 0.216. The predicted molar refractivity (Wildman–Crippen MR) is 88.6 cm³/mol. The average Bonchev–Trinajstić information content (AvgIpc) is 3.29. The lowest BCUT2D eigenvalue weighted by atomic mass is 9.94. The molecule has 3 aromatic rings. The Hall–Kier alpha value is -2.54. The second-order valence-corrected chi connectivity index (χ2v) is 6.39. The maximum Gasteiger partial charge on any atom is 0.257 e. The molecule has 0 aliphatic carbocycles. The van der Waals surface area contributed by atoms with Crippen molar-refractivity contribution in [2.75, 3.05) is 20.1 Å². The standard InChI is InChI=1S/C17H20N6O/c1-22-7-5-13(6-8-22)9-16-20-17(24-21-16)14-3-2-4-15(10-14)23-11-18-19-12-23/h2-4,10-13H,5-9H2,1H3. The topological polar surface area (TPSA) is 72.9 Å². The molecule has 24 heavy (non-hydrogen) atoms. The van der Waals surface area contributed by atoms with Gasteiger partial charge in [0.05, 0.1) is 0 Å². The molecule has 0 radical (unpaired) electrons. The summed E-state index contributed by atoms with van der Waals surface area (Å²) in [5, 5.41) is 11.8. The van der Waals surface area contributed by atoms with E-state index in [0.717, 1.165) is 36.6 Å². The van der Waals surface area contributed by atoms with Crippen LogP contribution in [0.25, 0.3) is 17.1 Å². The quantitative estimate of drug-likeness (QED) is 0.732. The summed E-state index contributed by atoms with van der Waals surface area (Å²) in [4.78, 5) is 6.95. The Morgan fingerprint density at radius 3 is 2.75 bits per heavy atom. The maximum absolute atomic E-state index is 5.47. The molecular formula is C17H20N6O. The minimum atomic E-state index is 0.563. The van der Waals surface area contributed by atoms with Crippen LogP contribution in [0.5, 0.6) is 0 Å². The first-order chi connectivity index (χ1) is 11.8. The molecule has 1 aliphatic rings. The molecule has 0 spiro atoms. The minimum Gasteiger partial charge on any atom is -0.334 e. The van der Waals surface area contributed by atoms with Gasteiger partial charge in [-0.25, -0.2) is 0 Å². The summed E-state index contributed by atoms with van der Waals surface area (Å²) < 4.78 is 7.32. The first kappa shape index (κ1) is 15.0. The van der Waals surface area contributed by atoms with Gasteiger partial charge >= 0.3 is 0 Å². The van der Waals surface area contributed by atoms with Crippen LogP contribution in [0.4, 0.5) is 0 Å². The number of piperidine rings is 1. The molecule has 0 unspecified atom stereocenters. The van der Waals surface area contributed by atoms with Crippen LogP contribution >= 0.6 is 0 Å². The summed E-state index contributed by atoms with van der Waals surface area (Å²) in [6, 6.07) is 7.92. The highest BCUT2D eigenvalue weighted by molar-refractivity contribution is 5.57. The number of hydrogen-bond acceptors (Lipinski definition) is 6. The molecule has 0 saturated carbocycles. The van der Waals surface area contributed by atoms with E-state index in [1.165, 1.54) is 12.8 Å². The fourth-order valence-corrected chi connectivity index (χ4v) is 3.11. The largest absolute Gasteiger partial charge is 0.334 e. The van der Waals surface area contributed by atoms with Gasteiger partial charge < -0.3 is 9.42 Å². The molecule has 0 amide bonds. The third kappa shape index (κ3) is 3.21. The number of hydrogen-bond donors (Lipinski definition) is 0. The second kappa shape index (κ2) is 6.52. The van der Waals surface area contributed by atoms with Crippen LogP contribution in [-0.2, 0) is 6.42 Å². The number of aromatic nitrogens is 5. The molecule has 7 heteroatoms. The lowest BCUT2D eigenvalue weighted by Crippen LogP contribution is -2.31. The lowest BCUT2D eigenvalue weighted by Gasteiger charge is -2.27. The van der Waals surface area contributed by atoms with Crippen LogP contribution in [-0.4, -0.2) is 49.9 Å². The molecule has 7 nitrogen and oxygen atoms in total. The van der Waals surface area contributed by atoms with E-state index in [1.807, 2.05) is 28.8 Å². The molecule has 1 aromatic carbocycles. The third-order valence-corrected chi connectivity index (χ3v) is 4.59. The van der Waals surface area contributed by atoms with Gasteiger partial charge in [-0.1, -0.05) is 11.2 Å². The minimum absolute atomic E-state index is 0.563. The van der Waals surface area contributed by atoms with Crippen LogP contribution in [0.3, 0.4) is 0 Å². The van der Waals surface area contributed by atoms with Crippen LogP contribution in [0.1, 0.15) is 18.7 Å². The Labute approximate surface area is 140 Å². The Bertz CT molecular complexity index is 789. The molecule has 3 heterocycles. The van der Waals surface area contributed by atoms with E-state index >= 15 is 0 Å². The Morgan fingerprint density at radius 1 is 1.17 bits per heavy atom. The zero-order chi connectivity index (χ0) is 16.4.